The van der Waals surface area contributed by atoms with Crippen LogP contribution in [0.15, 0.2) is 24.3 Å². The second kappa shape index (κ2) is 8.60. The van der Waals surface area contributed by atoms with Crippen LogP contribution in [0.2, 0.25) is 0 Å². The van der Waals surface area contributed by atoms with Gasteiger partial charge in [-0.2, -0.15) is 0 Å². The van der Waals surface area contributed by atoms with E-state index in [1.807, 2.05) is 23.6 Å². The van der Waals surface area contributed by atoms with Gasteiger partial charge < -0.3 is 15.1 Å². The maximum atomic E-state index is 13.2. The standard InChI is InChI=1S/C24H32FN3O3/c1-16(2)20(26-21(29)17-5-7-18(25)8-6-17)23(31)28-13-9-24(10-14-28)15-19(24)22(30)27-11-3-4-12-27/h5-8,16,19-20H,3-4,9-15H2,1-2H3,(H,26,29)/t19-,20-/m1/s1. The first-order valence-electron chi connectivity index (χ1n) is 11.4. The largest absolute Gasteiger partial charge is 0.342 e. The van der Waals surface area contributed by atoms with Crippen molar-refractivity contribution in [1.29, 1.82) is 0 Å². The Hall–Kier alpha value is -2.44. The van der Waals surface area contributed by atoms with Crippen molar-refractivity contribution in [2.45, 2.75) is 52.0 Å². The molecule has 1 aliphatic carbocycles. The van der Waals surface area contributed by atoms with Crippen LogP contribution in [-0.4, -0.2) is 59.7 Å². The number of piperidine rings is 1. The van der Waals surface area contributed by atoms with E-state index in [-0.39, 0.29) is 29.1 Å². The Bertz CT molecular complexity index is 840. The summed E-state index contributed by atoms with van der Waals surface area (Å²) in [6, 6.07) is 4.68. The molecule has 7 heteroatoms. The number of rotatable bonds is 5. The van der Waals surface area contributed by atoms with Crippen molar-refractivity contribution in [1.82, 2.24) is 15.1 Å². The highest BCUT2D eigenvalue weighted by atomic mass is 19.1. The van der Waals surface area contributed by atoms with Gasteiger partial charge in [0.1, 0.15) is 11.9 Å². The molecule has 0 radical (unpaired) electrons. The highest BCUT2D eigenvalue weighted by Gasteiger charge is 2.59. The number of benzene rings is 1. The third-order valence-electron chi connectivity index (χ3n) is 7.30. The lowest BCUT2D eigenvalue weighted by Crippen LogP contribution is -2.53. The first-order chi connectivity index (χ1) is 14.8. The Morgan fingerprint density at radius 3 is 2.19 bits per heavy atom. The van der Waals surface area contributed by atoms with Gasteiger partial charge >= 0.3 is 0 Å². The molecule has 2 atom stereocenters. The van der Waals surface area contributed by atoms with Crippen molar-refractivity contribution < 1.29 is 18.8 Å². The highest BCUT2D eigenvalue weighted by molar-refractivity contribution is 5.97. The summed E-state index contributed by atoms with van der Waals surface area (Å²) < 4.78 is 13.1. The Morgan fingerprint density at radius 1 is 1.00 bits per heavy atom. The van der Waals surface area contributed by atoms with Crippen LogP contribution in [0.25, 0.3) is 0 Å². The van der Waals surface area contributed by atoms with Gasteiger partial charge in [0.2, 0.25) is 11.8 Å². The first-order valence-corrected chi connectivity index (χ1v) is 11.4. The minimum Gasteiger partial charge on any atom is -0.342 e. The highest BCUT2D eigenvalue weighted by Crippen LogP contribution is 2.60. The third-order valence-corrected chi connectivity index (χ3v) is 7.30. The van der Waals surface area contributed by atoms with E-state index in [0.29, 0.717) is 24.6 Å². The summed E-state index contributed by atoms with van der Waals surface area (Å²) in [7, 11) is 0. The molecule has 1 saturated carbocycles. The van der Waals surface area contributed by atoms with Crippen LogP contribution in [0.5, 0.6) is 0 Å². The SMILES string of the molecule is CC(C)[C@@H](NC(=O)c1ccc(F)cc1)C(=O)N1CCC2(CC1)C[C@@H]2C(=O)N1CCCC1. The van der Waals surface area contributed by atoms with Gasteiger partial charge in [0.15, 0.2) is 0 Å². The molecule has 6 nitrogen and oxygen atoms in total. The van der Waals surface area contributed by atoms with Crippen LogP contribution in [0.3, 0.4) is 0 Å². The minimum atomic E-state index is -0.632. The molecule has 3 aliphatic rings. The molecule has 1 spiro atoms. The summed E-state index contributed by atoms with van der Waals surface area (Å²) in [6.45, 7) is 6.84. The number of carbonyl (C=O) groups is 3. The van der Waals surface area contributed by atoms with Gasteiger partial charge in [0.05, 0.1) is 0 Å². The predicted octanol–water partition coefficient (Wildman–Crippen LogP) is 2.83. The normalized spacial score (nSPS) is 23.2. The number of hydrogen-bond acceptors (Lipinski definition) is 3. The zero-order chi connectivity index (χ0) is 22.2. The van der Waals surface area contributed by atoms with Gasteiger partial charge in [-0.05, 0) is 67.7 Å². The minimum absolute atomic E-state index is 0.0706. The zero-order valence-electron chi connectivity index (χ0n) is 18.4. The molecule has 2 aliphatic heterocycles. The Morgan fingerprint density at radius 2 is 1.61 bits per heavy atom. The molecule has 0 bridgehead atoms. The van der Waals surface area contributed by atoms with Crippen molar-refractivity contribution in [2.75, 3.05) is 26.2 Å². The number of nitrogens with zero attached hydrogens (tertiary/aromatic N) is 2. The van der Waals surface area contributed by atoms with Gasteiger partial charge in [-0.15, -0.1) is 0 Å². The van der Waals surface area contributed by atoms with E-state index in [1.165, 1.54) is 24.3 Å². The Balaban J connectivity index is 1.33. The first kappa shape index (κ1) is 21.8. The molecule has 2 heterocycles. The molecule has 168 valence electrons. The van der Waals surface area contributed by atoms with E-state index >= 15 is 0 Å². The van der Waals surface area contributed by atoms with Gasteiger partial charge in [-0.3, -0.25) is 14.4 Å². The van der Waals surface area contributed by atoms with E-state index in [2.05, 4.69) is 5.32 Å². The maximum Gasteiger partial charge on any atom is 0.251 e. The number of halogens is 1. The fourth-order valence-corrected chi connectivity index (χ4v) is 5.12. The van der Waals surface area contributed by atoms with E-state index in [9.17, 15) is 18.8 Å². The van der Waals surface area contributed by atoms with E-state index in [4.69, 9.17) is 0 Å². The van der Waals surface area contributed by atoms with E-state index < -0.39 is 11.9 Å². The molecule has 1 aromatic rings. The molecular weight excluding hydrogens is 397 g/mol. The van der Waals surface area contributed by atoms with Crippen LogP contribution in [0.4, 0.5) is 4.39 Å². The molecule has 1 aromatic carbocycles. The summed E-state index contributed by atoms with van der Waals surface area (Å²) >= 11 is 0. The van der Waals surface area contributed by atoms with E-state index in [0.717, 1.165) is 45.2 Å². The quantitative estimate of drug-likeness (QED) is 0.783. The van der Waals surface area contributed by atoms with Crippen LogP contribution in [0, 0.1) is 23.1 Å². The predicted molar refractivity (Wildman–Crippen MR) is 115 cm³/mol. The van der Waals surface area contributed by atoms with Gasteiger partial charge in [0.25, 0.3) is 5.91 Å². The van der Waals surface area contributed by atoms with Crippen molar-refractivity contribution in [3.05, 3.63) is 35.6 Å². The summed E-state index contributed by atoms with van der Waals surface area (Å²) in [4.78, 5) is 42.3. The second-order valence-electron chi connectivity index (χ2n) is 9.68. The van der Waals surface area contributed by atoms with Crippen LogP contribution < -0.4 is 5.32 Å². The lowest BCUT2D eigenvalue weighted by atomic mass is 9.89. The van der Waals surface area contributed by atoms with Gasteiger partial charge in [0, 0.05) is 37.7 Å². The second-order valence-corrected chi connectivity index (χ2v) is 9.68. The average molecular weight is 430 g/mol. The number of nitrogens with one attached hydrogen (secondary N) is 1. The lowest BCUT2D eigenvalue weighted by molar-refractivity contribution is -0.136. The number of likely N-dealkylation sites (tertiary alicyclic amines) is 2. The van der Waals surface area contributed by atoms with Crippen molar-refractivity contribution >= 4 is 17.7 Å². The fraction of sp³-hybridized carbons (Fsp3) is 0.625. The lowest BCUT2D eigenvalue weighted by Gasteiger charge is -2.36. The number of carbonyl (C=O) groups excluding carboxylic acids is 3. The summed E-state index contributed by atoms with van der Waals surface area (Å²) in [5.41, 5.74) is 0.403. The van der Waals surface area contributed by atoms with Crippen LogP contribution in [-0.2, 0) is 9.59 Å². The average Bonchev–Trinajstić information content (AvgIpc) is 3.18. The maximum absolute atomic E-state index is 13.2. The Kier molecular flexibility index (Phi) is 6.04. The van der Waals surface area contributed by atoms with Crippen molar-refractivity contribution in [3.63, 3.8) is 0 Å². The van der Waals surface area contributed by atoms with Crippen molar-refractivity contribution in [3.8, 4) is 0 Å². The van der Waals surface area contributed by atoms with Crippen molar-refractivity contribution in [2.24, 2.45) is 17.3 Å². The molecule has 2 saturated heterocycles. The van der Waals surface area contributed by atoms with Crippen LogP contribution in [0.1, 0.15) is 56.3 Å². The molecule has 0 unspecified atom stereocenters. The van der Waals surface area contributed by atoms with E-state index in [1.54, 1.807) is 0 Å². The summed E-state index contributed by atoms with van der Waals surface area (Å²) in [5.74, 6) is -0.497. The monoisotopic (exact) mass is 429 g/mol. The molecule has 0 aromatic heterocycles. The summed E-state index contributed by atoms with van der Waals surface area (Å²) in [6.07, 6.45) is 4.85. The molecular formula is C24H32FN3O3. The molecule has 4 rings (SSSR count). The smallest absolute Gasteiger partial charge is 0.251 e. The Labute approximate surface area is 183 Å². The van der Waals surface area contributed by atoms with Gasteiger partial charge in [-0.25, -0.2) is 4.39 Å². The molecule has 1 N–H and O–H groups in total. The summed E-state index contributed by atoms with van der Waals surface area (Å²) in [5, 5.41) is 2.84. The molecule has 3 fully saturated rings. The number of hydrogen-bond donors (Lipinski definition) is 1. The molecule has 31 heavy (non-hydrogen) atoms. The third kappa shape index (κ3) is 4.46. The fourth-order valence-electron chi connectivity index (χ4n) is 5.12. The number of amides is 3. The molecule has 3 amide bonds. The van der Waals surface area contributed by atoms with Crippen LogP contribution >= 0.6 is 0 Å². The van der Waals surface area contributed by atoms with Gasteiger partial charge in [-0.1, -0.05) is 13.8 Å². The zero-order valence-corrected chi connectivity index (χ0v) is 18.4. The topological polar surface area (TPSA) is 69.7 Å².